The number of hydrogen-bond donors (Lipinski definition) is 1. The lowest BCUT2D eigenvalue weighted by Crippen LogP contribution is -2.52. The molecule has 2 atom stereocenters. The quantitative estimate of drug-likeness (QED) is 0.842. The third-order valence-electron chi connectivity index (χ3n) is 3.57. The summed E-state index contributed by atoms with van der Waals surface area (Å²) >= 11 is 0. The molecule has 5 heteroatoms. The molecule has 1 aliphatic heterocycles. The molecule has 5 nitrogen and oxygen atoms in total. The van der Waals surface area contributed by atoms with Crippen molar-refractivity contribution in [2.75, 3.05) is 26.1 Å². The van der Waals surface area contributed by atoms with Crippen LogP contribution in [0, 0.1) is 0 Å². The summed E-state index contributed by atoms with van der Waals surface area (Å²) in [7, 11) is 2.99. The maximum atomic E-state index is 12.1. The molecule has 0 saturated carbocycles. The Hall–Kier alpha value is -1.75. The number of carbonyl (C=O) groups excluding carboxylic acids is 1. The fourth-order valence-corrected chi connectivity index (χ4v) is 2.40. The highest BCUT2D eigenvalue weighted by atomic mass is 16.5. The molecule has 0 bridgehead atoms. The molecule has 1 aromatic rings. The van der Waals surface area contributed by atoms with Crippen molar-refractivity contribution in [1.82, 2.24) is 0 Å². The maximum Gasteiger partial charge on any atom is 0.334 e. The van der Waals surface area contributed by atoms with Crippen LogP contribution in [0.4, 0.5) is 5.69 Å². The van der Waals surface area contributed by atoms with Crippen LogP contribution in [0.25, 0.3) is 0 Å². The number of para-hydroxylation sites is 2. The normalized spacial score (nSPS) is 25.9. The first-order valence-electron chi connectivity index (χ1n) is 6.25. The van der Waals surface area contributed by atoms with Gasteiger partial charge in [-0.05, 0) is 19.1 Å². The molecule has 0 aromatic heterocycles. The van der Waals surface area contributed by atoms with Crippen LogP contribution in [0.5, 0.6) is 5.75 Å². The monoisotopic (exact) mass is 265 g/mol. The number of carbonyl (C=O) groups is 1. The van der Waals surface area contributed by atoms with Gasteiger partial charge in [0, 0.05) is 13.0 Å². The van der Waals surface area contributed by atoms with Gasteiger partial charge in [-0.3, -0.25) is 0 Å². The molecule has 104 valence electrons. The molecule has 0 amide bonds. The predicted molar refractivity (Wildman–Crippen MR) is 71.4 cm³/mol. The lowest BCUT2D eigenvalue weighted by molar-refractivity contribution is -0.147. The lowest BCUT2D eigenvalue weighted by atomic mass is 9.91. The Bertz CT molecular complexity index is 463. The van der Waals surface area contributed by atoms with E-state index in [0.29, 0.717) is 18.8 Å². The SMILES string of the molecule is COC(=O)C1(Nc2ccccc2OC)CCOC1C. The smallest absolute Gasteiger partial charge is 0.334 e. The molecule has 1 heterocycles. The van der Waals surface area contributed by atoms with Crippen LogP contribution in [0.3, 0.4) is 0 Å². The van der Waals surface area contributed by atoms with Gasteiger partial charge in [-0.25, -0.2) is 4.79 Å². The molecule has 19 heavy (non-hydrogen) atoms. The van der Waals surface area contributed by atoms with Crippen molar-refractivity contribution < 1.29 is 19.0 Å². The molecule has 1 N–H and O–H groups in total. The zero-order chi connectivity index (χ0) is 13.9. The van der Waals surface area contributed by atoms with E-state index in [-0.39, 0.29) is 12.1 Å². The summed E-state index contributed by atoms with van der Waals surface area (Å²) in [6.07, 6.45) is 0.309. The fourth-order valence-electron chi connectivity index (χ4n) is 2.40. The summed E-state index contributed by atoms with van der Waals surface area (Å²) in [5.74, 6) is 0.369. The van der Waals surface area contributed by atoms with Crippen molar-refractivity contribution in [2.45, 2.75) is 25.0 Å². The molecule has 0 radical (unpaired) electrons. The molecule has 0 spiro atoms. The average molecular weight is 265 g/mol. The Kier molecular flexibility index (Phi) is 3.95. The summed E-state index contributed by atoms with van der Waals surface area (Å²) in [4.78, 5) is 12.1. The van der Waals surface area contributed by atoms with E-state index in [1.54, 1.807) is 7.11 Å². The van der Waals surface area contributed by atoms with Gasteiger partial charge in [0.1, 0.15) is 5.75 Å². The van der Waals surface area contributed by atoms with Gasteiger partial charge in [0.05, 0.1) is 26.0 Å². The van der Waals surface area contributed by atoms with Crippen molar-refractivity contribution >= 4 is 11.7 Å². The highest BCUT2D eigenvalue weighted by molar-refractivity contribution is 5.86. The van der Waals surface area contributed by atoms with Crippen molar-refractivity contribution in [1.29, 1.82) is 0 Å². The Morgan fingerprint density at radius 3 is 2.74 bits per heavy atom. The van der Waals surface area contributed by atoms with E-state index in [4.69, 9.17) is 14.2 Å². The van der Waals surface area contributed by atoms with Gasteiger partial charge in [-0.15, -0.1) is 0 Å². The summed E-state index contributed by atoms with van der Waals surface area (Å²) in [5, 5.41) is 3.25. The second-order valence-electron chi connectivity index (χ2n) is 4.55. The topological polar surface area (TPSA) is 56.8 Å². The van der Waals surface area contributed by atoms with Gasteiger partial charge in [-0.1, -0.05) is 12.1 Å². The molecule has 1 aliphatic rings. The Morgan fingerprint density at radius 2 is 2.16 bits per heavy atom. The minimum atomic E-state index is -0.858. The van der Waals surface area contributed by atoms with E-state index in [1.165, 1.54) is 7.11 Å². The fraction of sp³-hybridized carbons (Fsp3) is 0.500. The zero-order valence-corrected chi connectivity index (χ0v) is 11.4. The first kappa shape index (κ1) is 13.7. The van der Waals surface area contributed by atoms with Crippen molar-refractivity contribution in [3.05, 3.63) is 24.3 Å². The summed E-state index contributed by atoms with van der Waals surface area (Å²) in [6.45, 7) is 2.39. The highest BCUT2D eigenvalue weighted by Crippen LogP contribution is 2.34. The Balaban J connectivity index is 2.33. The average Bonchev–Trinajstić information content (AvgIpc) is 2.81. The third kappa shape index (κ3) is 2.38. The number of nitrogens with one attached hydrogen (secondary N) is 1. The number of anilines is 1. The van der Waals surface area contributed by atoms with Crippen molar-refractivity contribution in [3.8, 4) is 5.75 Å². The number of ether oxygens (including phenoxy) is 3. The van der Waals surface area contributed by atoms with Crippen LogP contribution in [-0.4, -0.2) is 38.4 Å². The molecule has 1 saturated heterocycles. The van der Waals surface area contributed by atoms with E-state index >= 15 is 0 Å². The van der Waals surface area contributed by atoms with Gasteiger partial charge < -0.3 is 19.5 Å². The van der Waals surface area contributed by atoms with Gasteiger partial charge in [-0.2, -0.15) is 0 Å². The summed E-state index contributed by atoms with van der Waals surface area (Å²) in [5.41, 5.74) is -0.101. The van der Waals surface area contributed by atoms with E-state index in [2.05, 4.69) is 5.32 Å². The van der Waals surface area contributed by atoms with Crippen LogP contribution >= 0.6 is 0 Å². The minimum Gasteiger partial charge on any atom is -0.495 e. The third-order valence-corrected chi connectivity index (χ3v) is 3.57. The molecule has 1 fully saturated rings. The second-order valence-corrected chi connectivity index (χ2v) is 4.55. The van der Waals surface area contributed by atoms with E-state index in [0.717, 1.165) is 5.69 Å². The van der Waals surface area contributed by atoms with E-state index in [1.807, 2.05) is 31.2 Å². The van der Waals surface area contributed by atoms with Gasteiger partial charge in [0.2, 0.25) is 0 Å². The minimum absolute atomic E-state index is 0.259. The molecular weight excluding hydrogens is 246 g/mol. The van der Waals surface area contributed by atoms with Crippen molar-refractivity contribution in [2.24, 2.45) is 0 Å². The lowest BCUT2D eigenvalue weighted by Gasteiger charge is -2.31. The molecular formula is C14H19NO4. The van der Waals surface area contributed by atoms with E-state index < -0.39 is 5.54 Å². The van der Waals surface area contributed by atoms with Crippen LogP contribution in [-0.2, 0) is 14.3 Å². The standard InChI is InChI=1S/C14H19NO4/c1-10-14(8-9-19-10,13(16)18-3)15-11-6-4-5-7-12(11)17-2/h4-7,10,15H,8-9H2,1-3H3. The molecule has 0 aliphatic carbocycles. The van der Waals surface area contributed by atoms with Gasteiger partial charge in [0.15, 0.2) is 5.54 Å². The first-order valence-corrected chi connectivity index (χ1v) is 6.25. The number of hydrogen-bond acceptors (Lipinski definition) is 5. The molecule has 1 aromatic carbocycles. The Morgan fingerprint density at radius 1 is 1.42 bits per heavy atom. The highest BCUT2D eigenvalue weighted by Gasteiger charge is 2.49. The van der Waals surface area contributed by atoms with Crippen LogP contribution in [0.2, 0.25) is 0 Å². The molecule has 2 rings (SSSR count). The second kappa shape index (κ2) is 5.48. The molecule has 2 unspecified atom stereocenters. The van der Waals surface area contributed by atoms with Gasteiger partial charge in [0.25, 0.3) is 0 Å². The van der Waals surface area contributed by atoms with Crippen LogP contribution in [0.1, 0.15) is 13.3 Å². The largest absolute Gasteiger partial charge is 0.495 e. The van der Waals surface area contributed by atoms with Crippen molar-refractivity contribution in [3.63, 3.8) is 0 Å². The van der Waals surface area contributed by atoms with Crippen LogP contribution in [0.15, 0.2) is 24.3 Å². The number of methoxy groups -OCH3 is 2. The predicted octanol–water partition coefficient (Wildman–Crippen LogP) is 1.83. The van der Waals surface area contributed by atoms with E-state index in [9.17, 15) is 4.79 Å². The number of rotatable bonds is 4. The van der Waals surface area contributed by atoms with Gasteiger partial charge >= 0.3 is 5.97 Å². The number of esters is 1. The zero-order valence-electron chi connectivity index (χ0n) is 11.4. The van der Waals surface area contributed by atoms with Crippen LogP contribution < -0.4 is 10.1 Å². The first-order chi connectivity index (χ1) is 9.14. The summed E-state index contributed by atoms with van der Waals surface area (Å²) < 4.78 is 15.8. The Labute approximate surface area is 112 Å². The maximum absolute atomic E-state index is 12.1. The summed E-state index contributed by atoms with van der Waals surface area (Å²) in [6, 6.07) is 7.47. The number of benzene rings is 1.